The molecule has 190 valence electrons. The van der Waals surface area contributed by atoms with Crippen LogP contribution in [0.15, 0.2) is 18.7 Å². The second kappa shape index (κ2) is 11.3. The van der Waals surface area contributed by atoms with Crippen molar-refractivity contribution < 1.29 is 42.1 Å². The number of esters is 1. The van der Waals surface area contributed by atoms with Gasteiger partial charge in [0.25, 0.3) is 6.43 Å². The lowest BCUT2D eigenvalue weighted by molar-refractivity contribution is 0.0429. The second-order valence-electron chi connectivity index (χ2n) is 9.29. The number of rotatable bonds is 7. The molecule has 2 amide bonds. The number of halogens is 2. The Bertz CT molecular complexity index is 893. The van der Waals surface area contributed by atoms with Crippen LogP contribution in [0.4, 0.5) is 24.1 Å². The lowest BCUT2D eigenvalue weighted by Gasteiger charge is -2.29. The first-order valence-corrected chi connectivity index (χ1v) is 10.5. The minimum atomic E-state index is -3.12. The van der Waals surface area contributed by atoms with E-state index >= 15 is 0 Å². The number of pyridine rings is 1. The number of alkyl halides is 2. The highest BCUT2D eigenvalue weighted by Gasteiger charge is 2.37. The molecule has 0 bridgehead atoms. The quantitative estimate of drug-likeness (QED) is 0.270. The topological polar surface area (TPSA) is 104 Å². The summed E-state index contributed by atoms with van der Waals surface area (Å²) in [6, 6.07) is 0.758. The van der Waals surface area contributed by atoms with E-state index in [-0.39, 0.29) is 0 Å². The van der Waals surface area contributed by atoms with Crippen LogP contribution in [0.2, 0.25) is 0 Å². The minimum absolute atomic E-state index is 0.307. The molecule has 1 atom stereocenters. The average Bonchev–Trinajstić information content (AvgIpc) is 2.65. The van der Waals surface area contributed by atoms with Crippen LogP contribution in [0.25, 0.3) is 0 Å². The van der Waals surface area contributed by atoms with Crippen LogP contribution in [0, 0.1) is 0 Å². The van der Waals surface area contributed by atoms with Crippen molar-refractivity contribution in [3.8, 4) is 5.88 Å². The molecule has 1 rings (SSSR count). The van der Waals surface area contributed by atoms with Crippen molar-refractivity contribution in [3.63, 3.8) is 0 Å². The van der Waals surface area contributed by atoms with Crippen molar-refractivity contribution in [2.45, 2.75) is 78.6 Å². The number of carbonyl (C=O) groups excluding carboxylic acids is 3. The van der Waals surface area contributed by atoms with E-state index in [0.717, 1.165) is 13.2 Å². The van der Waals surface area contributed by atoms with Gasteiger partial charge in [0.2, 0.25) is 5.88 Å². The van der Waals surface area contributed by atoms with Gasteiger partial charge in [-0.05, 0) is 54.5 Å². The van der Waals surface area contributed by atoms with E-state index < -0.39 is 64.7 Å². The van der Waals surface area contributed by atoms with E-state index in [9.17, 15) is 23.2 Å². The highest BCUT2D eigenvalue weighted by molar-refractivity contribution is 6.13. The Labute approximate surface area is 198 Å². The van der Waals surface area contributed by atoms with Gasteiger partial charge in [-0.2, -0.15) is 4.90 Å². The molecule has 11 heteroatoms. The molecule has 1 heterocycles. The van der Waals surface area contributed by atoms with E-state index in [1.54, 1.807) is 48.5 Å². The molecule has 34 heavy (non-hydrogen) atoms. The molecule has 0 radical (unpaired) electrons. The summed E-state index contributed by atoms with van der Waals surface area (Å²) in [5.41, 5.74) is -4.11. The summed E-state index contributed by atoms with van der Waals surface area (Å²) in [7, 11) is 1.03. The average molecular weight is 487 g/mol. The zero-order chi connectivity index (χ0) is 26.4. The number of anilines is 1. The highest BCUT2D eigenvalue weighted by Crippen LogP contribution is 2.35. The predicted octanol–water partition coefficient (Wildman–Crippen LogP) is 5.83. The third-order valence-electron chi connectivity index (χ3n) is 3.81. The number of hydrogen-bond donors (Lipinski definition) is 0. The molecule has 0 saturated heterocycles. The van der Waals surface area contributed by atoms with Crippen LogP contribution >= 0.6 is 0 Å². The van der Waals surface area contributed by atoms with Gasteiger partial charge in [0.05, 0.1) is 18.4 Å². The molecule has 9 nitrogen and oxygen atoms in total. The molecule has 1 aromatic heterocycles. The first kappa shape index (κ1) is 28.8. The highest BCUT2D eigenvalue weighted by atomic mass is 19.3. The van der Waals surface area contributed by atoms with Crippen molar-refractivity contribution >= 4 is 23.8 Å². The van der Waals surface area contributed by atoms with Crippen molar-refractivity contribution in [1.82, 2.24) is 4.98 Å². The summed E-state index contributed by atoms with van der Waals surface area (Å²) in [5, 5.41) is 0. The Morgan fingerprint density at radius 1 is 1.09 bits per heavy atom. The number of amides is 2. The molecule has 0 aliphatic rings. The zero-order valence-corrected chi connectivity index (χ0v) is 20.7. The molecule has 0 aromatic carbocycles. The van der Waals surface area contributed by atoms with Crippen LogP contribution in [-0.2, 0) is 14.2 Å². The SMILES string of the molecule is C=CC[C@@H](C)Oc1nc(C(=O)OC)c(N(C(=O)OC(C)(C)C)C(=O)OC(C)(C)C)cc1C(F)F. The first-order valence-electron chi connectivity index (χ1n) is 10.5. The summed E-state index contributed by atoms with van der Waals surface area (Å²) in [5.74, 6) is -1.66. The number of nitrogens with zero attached hydrogens (tertiary/aromatic N) is 2. The Morgan fingerprint density at radius 2 is 1.59 bits per heavy atom. The molecule has 0 unspecified atom stereocenters. The summed E-state index contributed by atoms with van der Waals surface area (Å²) in [6.45, 7) is 14.4. The molecule has 0 aliphatic carbocycles. The van der Waals surface area contributed by atoms with Crippen LogP contribution in [0.3, 0.4) is 0 Å². The molecular formula is C23H32F2N2O7. The van der Waals surface area contributed by atoms with E-state index in [4.69, 9.17) is 18.9 Å². The second-order valence-corrected chi connectivity index (χ2v) is 9.29. The van der Waals surface area contributed by atoms with E-state index in [1.807, 2.05) is 0 Å². The van der Waals surface area contributed by atoms with Crippen LogP contribution in [0.5, 0.6) is 5.88 Å². The van der Waals surface area contributed by atoms with Crippen molar-refractivity contribution in [2.24, 2.45) is 0 Å². The van der Waals surface area contributed by atoms with Gasteiger partial charge in [-0.1, -0.05) is 6.08 Å². The normalized spacial score (nSPS) is 12.6. The molecule has 0 N–H and O–H groups in total. The summed E-state index contributed by atoms with van der Waals surface area (Å²) < 4.78 is 48.6. The molecular weight excluding hydrogens is 454 g/mol. The third kappa shape index (κ3) is 8.27. The summed E-state index contributed by atoms with van der Waals surface area (Å²) in [6.07, 6.45) is -4.42. The summed E-state index contributed by atoms with van der Waals surface area (Å²) >= 11 is 0. The Hall–Kier alpha value is -3.24. The van der Waals surface area contributed by atoms with Gasteiger partial charge in [-0.15, -0.1) is 6.58 Å². The first-order chi connectivity index (χ1) is 15.5. The van der Waals surface area contributed by atoms with Gasteiger partial charge in [-0.3, -0.25) is 0 Å². The predicted molar refractivity (Wildman–Crippen MR) is 120 cm³/mol. The Kier molecular flexibility index (Phi) is 9.53. The molecule has 0 spiro atoms. The maximum Gasteiger partial charge on any atom is 0.424 e. The molecule has 0 aliphatic heterocycles. The van der Waals surface area contributed by atoms with Gasteiger partial charge >= 0.3 is 18.2 Å². The van der Waals surface area contributed by atoms with E-state index in [1.165, 1.54) is 6.08 Å². The fourth-order valence-corrected chi connectivity index (χ4v) is 2.53. The van der Waals surface area contributed by atoms with Gasteiger partial charge in [0, 0.05) is 6.42 Å². The smallest absolute Gasteiger partial charge is 0.424 e. The molecule has 1 aromatic rings. The maximum atomic E-state index is 14.0. The largest absolute Gasteiger partial charge is 0.474 e. The van der Waals surface area contributed by atoms with Crippen molar-refractivity contribution in [3.05, 3.63) is 30.0 Å². The van der Waals surface area contributed by atoms with Gasteiger partial charge in [0.15, 0.2) is 5.69 Å². The number of aromatic nitrogens is 1. The monoisotopic (exact) mass is 486 g/mol. The molecule has 0 fully saturated rings. The number of methoxy groups -OCH3 is 1. The maximum absolute atomic E-state index is 14.0. The number of carbonyl (C=O) groups is 3. The van der Waals surface area contributed by atoms with Crippen LogP contribution in [-0.4, -0.2) is 47.6 Å². The third-order valence-corrected chi connectivity index (χ3v) is 3.81. The fraction of sp³-hybridized carbons (Fsp3) is 0.565. The Balaban J connectivity index is 3.84. The fourth-order valence-electron chi connectivity index (χ4n) is 2.53. The Morgan fingerprint density at radius 3 is 1.97 bits per heavy atom. The van der Waals surface area contributed by atoms with E-state index in [0.29, 0.717) is 11.3 Å². The van der Waals surface area contributed by atoms with E-state index in [2.05, 4.69) is 11.6 Å². The van der Waals surface area contributed by atoms with Gasteiger partial charge in [-0.25, -0.2) is 28.1 Å². The van der Waals surface area contributed by atoms with Gasteiger partial charge < -0.3 is 18.9 Å². The number of hydrogen-bond acceptors (Lipinski definition) is 8. The standard InChI is InChI=1S/C23H32F2N2O7/c1-10-11-13(2)32-18-14(17(24)25)12-15(16(26-18)19(28)31-9)27(20(29)33-22(3,4)5)21(30)34-23(6,7)8/h10,12-13,17H,1,11H2,2-9H3/t13-/m1/s1. The summed E-state index contributed by atoms with van der Waals surface area (Å²) in [4.78, 5) is 42.7. The minimum Gasteiger partial charge on any atom is -0.474 e. The van der Waals surface area contributed by atoms with Crippen molar-refractivity contribution in [2.75, 3.05) is 12.0 Å². The number of ether oxygens (including phenoxy) is 4. The lowest BCUT2D eigenvalue weighted by Crippen LogP contribution is -2.44. The lowest BCUT2D eigenvalue weighted by atomic mass is 10.1. The van der Waals surface area contributed by atoms with Gasteiger partial charge in [0.1, 0.15) is 17.3 Å². The zero-order valence-electron chi connectivity index (χ0n) is 20.7. The number of imide groups is 1. The van der Waals surface area contributed by atoms with Crippen LogP contribution < -0.4 is 9.64 Å². The van der Waals surface area contributed by atoms with Crippen LogP contribution in [0.1, 0.15) is 77.4 Å². The molecule has 0 saturated carbocycles. The van der Waals surface area contributed by atoms with Crippen molar-refractivity contribution in [1.29, 1.82) is 0 Å².